The van der Waals surface area contributed by atoms with Crippen molar-refractivity contribution in [1.29, 1.82) is 0 Å². The molecule has 0 spiro atoms. The predicted octanol–water partition coefficient (Wildman–Crippen LogP) is 1.58. The van der Waals surface area contributed by atoms with E-state index in [-0.39, 0.29) is 11.9 Å². The van der Waals surface area contributed by atoms with Crippen LogP contribution in [0.15, 0.2) is 58.5 Å². The minimum atomic E-state index is -0.121. The Bertz CT molecular complexity index is 673. The van der Waals surface area contributed by atoms with Gasteiger partial charge in [-0.2, -0.15) is 4.99 Å². The number of aliphatic imine (C=N–C) groups is 2. The van der Waals surface area contributed by atoms with E-state index in [1.165, 1.54) is 0 Å². The molecule has 0 aromatic heterocycles. The highest BCUT2D eigenvalue weighted by Gasteiger charge is 2.00. The van der Waals surface area contributed by atoms with Crippen molar-refractivity contribution in [1.82, 2.24) is 0 Å². The van der Waals surface area contributed by atoms with Crippen molar-refractivity contribution in [2.75, 3.05) is 7.11 Å². The standard InChI is InChI=1S/C15H17N5O/c1-21-13-4-2-3-11(9-13)10-5-7-12(8-6-10)19-15(18)20-14(16)17/h2-9H,1H3,(H6,16,17,18,19,20). The molecular formula is C15H17N5O. The normalized spacial score (nSPS) is 11.0. The summed E-state index contributed by atoms with van der Waals surface area (Å²) in [4.78, 5) is 7.75. The molecule has 0 atom stereocenters. The summed E-state index contributed by atoms with van der Waals surface area (Å²) in [5.41, 5.74) is 18.8. The summed E-state index contributed by atoms with van der Waals surface area (Å²) < 4.78 is 5.21. The highest BCUT2D eigenvalue weighted by Crippen LogP contribution is 2.25. The van der Waals surface area contributed by atoms with Crippen molar-refractivity contribution in [3.63, 3.8) is 0 Å². The van der Waals surface area contributed by atoms with Crippen LogP contribution in [0.3, 0.4) is 0 Å². The van der Waals surface area contributed by atoms with Gasteiger partial charge in [-0.15, -0.1) is 0 Å². The third-order valence-electron chi connectivity index (χ3n) is 2.76. The Balaban J connectivity index is 2.24. The van der Waals surface area contributed by atoms with Crippen LogP contribution in [-0.4, -0.2) is 19.0 Å². The van der Waals surface area contributed by atoms with Crippen LogP contribution in [-0.2, 0) is 0 Å². The first-order valence-electron chi connectivity index (χ1n) is 6.27. The van der Waals surface area contributed by atoms with Gasteiger partial charge >= 0.3 is 0 Å². The summed E-state index contributed by atoms with van der Waals surface area (Å²) in [6, 6.07) is 15.4. The first-order chi connectivity index (χ1) is 10.1. The summed E-state index contributed by atoms with van der Waals surface area (Å²) in [5.74, 6) is 0.708. The third-order valence-corrected chi connectivity index (χ3v) is 2.76. The number of hydrogen-bond donors (Lipinski definition) is 3. The van der Waals surface area contributed by atoms with Crippen LogP contribution in [0.25, 0.3) is 11.1 Å². The van der Waals surface area contributed by atoms with Crippen molar-refractivity contribution in [2.24, 2.45) is 27.2 Å². The largest absolute Gasteiger partial charge is 0.497 e. The Morgan fingerprint density at radius 3 is 2.29 bits per heavy atom. The van der Waals surface area contributed by atoms with E-state index in [9.17, 15) is 0 Å². The lowest BCUT2D eigenvalue weighted by molar-refractivity contribution is 0.415. The van der Waals surface area contributed by atoms with E-state index in [1.807, 2.05) is 48.5 Å². The van der Waals surface area contributed by atoms with Crippen LogP contribution >= 0.6 is 0 Å². The lowest BCUT2D eigenvalue weighted by Crippen LogP contribution is -2.26. The average molecular weight is 283 g/mol. The number of nitrogens with two attached hydrogens (primary N) is 3. The van der Waals surface area contributed by atoms with E-state index in [0.29, 0.717) is 5.69 Å². The van der Waals surface area contributed by atoms with E-state index in [1.54, 1.807) is 7.11 Å². The summed E-state index contributed by atoms with van der Waals surface area (Å²) in [6.07, 6.45) is 0. The molecule has 0 heterocycles. The lowest BCUT2D eigenvalue weighted by atomic mass is 10.1. The number of rotatable bonds is 3. The highest BCUT2D eigenvalue weighted by molar-refractivity contribution is 5.93. The molecule has 2 aromatic rings. The number of benzene rings is 2. The van der Waals surface area contributed by atoms with E-state index in [4.69, 9.17) is 21.9 Å². The fraction of sp³-hybridized carbons (Fsp3) is 0.0667. The van der Waals surface area contributed by atoms with Crippen LogP contribution in [0.4, 0.5) is 5.69 Å². The minimum absolute atomic E-state index is 0.0177. The van der Waals surface area contributed by atoms with Crippen molar-refractivity contribution < 1.29 is 4.74 Å². The Labute approximate surface area is 123 Å². The molecular weight excluding hydrogens is 266 g/mol. The monoisotopic (exact) mass is 283 g/mol. The van der Waals surface area contributed by atoms with E-state index < -0.39 is 0 Å². The molecule has 0 saturated heterocycles. The SMILES string of the molecule is COc1cccc(-c2ccc(N=C(N)N=C(N)N)cc2)c1. The molecule has 0 aliphatic carbocycles. The van der Waals surface area contributed by atoms with Gasteiger partial charge in [0.2, 0.25) is 5.96 Å². The van der Waals surface area contributed by atoms with Crippen LogP contribution < -0.4 is 21.9 Å². The summed E-state index contributed by atoms with van der Waals surface area (Å²) in [6.45, 7) is 0. The Hall–Kier alpha value is -3.02. The summed E-state index contributed by atoms with van der Waals surface area (Å²) in [7, 11) is 1.64. The van der Waals surface area contributed by atoms with Gasteiger partial charge in [0, 0.05) is 0 Å². The van der Waals surface area contributed by atoms with Gasteiger partial charge in [0.1, 0.15) is 5.75 Å². The minimum Gasteiger partial charge on any atom is -0.497 e. The number of guanidine groups is 2. The first-order valence-corrected chi connectivity index (χ1v) is 6.27. The summed E-state index contributed by atoms with van der Waals surface area (Å²) >= 11 is 0. The second kappa shape index (κ2) is 6.42. The van der Waals surface area contributed by atoms with Crippen molar-refractivity contribution in [3.8, 4) is 16.9 Å². The first kappa shape index (κ1) is 14.4. The van der Waals surface area contributed by atoms with E-state index in [2.05, 4.69) is 9.98 Å². The van der Waals surface area contributed by atoms with Crippen LogP contribution in [0.5, 0.6) is 5.75 Å². The van der Waals surface area contributed by atoms with Crippen molar-refractivity contribution >= 4 is 17.6 Å². The molecule has 0 fully saturated rings. The van der Waals surface area contributed by atoms with Gasteiger partial charge in [-0.1, -0.05) is 24.3 Å². The molecule has 108 valence electrons. The number of ether oxygens (including phenoxy) is 1. The molecule has 0 radical (unpaired) electrons. The summed E-state index contributed by atoms with van der Waals surface area (Å²) in [5, 5.41) is 0. The average Bonchev–Trinajstić information content (AvgIpc) is 2.47. The second-order valence-corrected chi connectivity index (χ2v) is 4.29. The maximum absolute atomic E-state index is 5.58. The molecule has 0 unspecified atom stereocenters. The lowest BCUT2D eigenvalue weighted by Gasteiger charge is -2.05. The van der Waals surface area contributed by atoms with Crippen LogP contribution in [0, 0.1) is 0 Å². The van der Waals surface area contributed by atoms with Gasteiger partial charge in [-0.3, -0.25) is 0 Å². The smallest absolute Gasteiger partial charge is 0.223 e. The molecule has 21 heavy (non-hydrogen) atoms. The van der Waals surface area contributed by atoms with Gasteiger partial charge in [0.25, 0.3) is 0 Å². The number of methoxy groups -OCH3 is 1. The Morgan fingerprint density at radius 2 is 1.67 bits per heavy atom. The quantitative estimate of drug-likeness (QED) is 0.586. The predicted molar refractivity (Wildman–Crippen MR) is 85.5 cm³/mol. The van der Waals surface area contributed by atoms with Gasteiger partial charge in [-0.25, -0.2) is 4.99 Å². The van der Waals surface area contributed by atoms with Gasteiger partial charge in [-0.05, 0) is 35.4 Å². The fourth-order valence-electron chi connectivity index (χ4n) is 1.82. The second-order valence-electron chi connectivity index (χ2n) is 4.29. The maximum Gasteiger partial charge on any atom is 0.223 e. The Morgan fingerprint density at radius 1 is 0.952 bits per heavy atom. The zero-order valence-electron chi connectivity index (χ0n) is 11.7. The van der Waals surface area contributed by atoms with Crippen LogP contribution in [0.1, 0.15) is 0 Å². The maximum atomic E-state index is 5.58. The molecule has 6 nitrogen and oxygen atoms in total. The molecule has 0 bridgehead atoms. The topological polar surface area (TPSA) is 112 Å². The van der Waals surface area contributed by atoms with E-state index in [0.717, 1.165) is 16.9 Å². The van der Waals surface area contributed by atoms with Gasteiger partial charge in [0.05, 0.1) is 12.8 Å². The molecule has 2 aromatic carbocycles. The molecule has 0 aliphatic heterocycles. The van der Waals surface area contributed by atoms with Gasteiger partial charge in [0.15, 0.2) is 5.96 Å². The Kier molecular flexibility index (Phi) is 4.40. The van der Waals surface area contributed by atoms with Gasteiger partial charge < -0.3 is 21.9 Å². The highest BCUT2D eigenvalue weighted by atomic mass is 16.5. The number of nitrogens with zero attached hydrogens (tertiary/aromatic N) is 2. The molecule has 0 amide bonds. The third kappa shape index (κ3) is 3.97. The molecule has 6 N–H and O–H groups in total. The zero-order valence-corrected chi connectivity index (χ0v) is 11.7. The van der Waals surface area contributed by atoms with Crippen LogP contribution in [0.2, 0.25) is 0 Å². The molecule has 0 saturated carbocycles. The number of hydrogen-bond acceptors (Lipinski definition) is 2. The molecule has 2 rings (SSSR count). The van der Waals surface area contributed by atoms with E-state index >= 15 is 0 Å². The molecule has 0 aliphatic rings. The van der Waals surface area contributed by atoms with Crippen molar-refractivity contribution in [3.05, 3.63) is 48.5 Å². The fourth-order valence-corrected chi connectivity index (χ4v) is 1.82. The zero-order chi connectivity index (χ0) is 15.2. The van der Waals surface area contributed by atoms with Crippen molar-refractivity contribution in [2.45, 2.75) is 0 Å². The molecule has 6 heteroatoms.